The molecule has 10 heteroatoms. The first-order valence-corrected chi connectivity index (χ1v) is 20.1. The van der Waals surface area contributed by atoms with Crippen molar-refractivity contribution >= 4 is 55.7 Å². The van der Waals surface area contributed by atoms with Gasteiger partial charge in [0.15, 0.2) is 0 Å². The number of rotatable bonds is 6. The van der Waals surface area contributed by atoms with E-state index in [0.717, 1.165) is 42.3 Å². The third-order valence-electron chi connectivity index (χ3n) is 7.44. The summed E-state index contributed by atoms with van der Waals surface area (Å²) in [6.45, 7) is 24.1. The van der Waals surface area contributed by atoms with Crippen LogP contribution in [0.1, 0.15) is 130 Å². The van der Waals surface area contributed by atoms with E-state index in [0.29, 0.717) is 35.5 Å². The molecule has 0 saturated heterocycles. The summed E-state index contributed by atoms with van der Waals surface area (Å²) in [5, 5.41) is 17.5. The summed E-state index contributed by atoms with van der Waals surface area (Å²) in [7, 11) is 0. The van der Waals surface area contributed by atoms with Crippen molar-refractivity contribution in [2.45, 2.75) is 83.1 Å². The maximum absolute atomic E-state index is 11.6. The van der Waals surface area contributed by atoms with Crippen LogP contribution in [0.15, 0.2) is 81.7 Å². The number of carbonyl (C=O) groups is 4. The van der Waals surface area contributed by atoms with Crippen LogP contribution in [0.4, 0.5) is 0 Å². The molecule has 0 fully saturated rings. The molecule has 0 bridgehead atoms. The van der Waals surface area contributed by atoms with Crippen LogP contribution in [-0.4, -0.2) is 47.3 Å². The Balaban J connectivity index is 0.000000393. The maximum Gasteiger partial charge on any atom is 0.338 e. The number of hydrogen-bond donors (Lipinski definition) is 2. The van der Waals surface area contributed by atoms with Crippen LogP contribution in [-0.2, 0) is 9.47 Å². The van der Waals surface area contributed by atoms with Crippen LogP contribution < -0.4 is 0 Å². The zero-order chi connectivity index (χ0) is 44.4. The van der Waals surface area contributed by atoms with Crippen LogP contribution in [0.3, 0.4) is 0 Å². The van der Waals surface area contributed by atoms with Crippen molar-refractivity contribution in [3.05, 3.63) is 137 Å². The minimum absolute atomic E-state index is 0.0201. The average Bonchev–Trinajstić information content (AvgIpc) is 3.10. The summed E-state index contributed by atoms with van der Waals surface area (Å²) in [4.78, 5) is 44.3. The highest BCUT2D eigenvalue weighted by Gasteiger charge is 2.12. The lowest BCUT2D eigenvalue weighted by Crippen LogP contribution is -2.06. The van der Waals surface area contributed by atoms with E-state index in [-0.39, 0.29) is 22.8 Å². The predicted octanol–water partition coefficient (Wildman–Crippen LogP) is 12.1. The molecule has 308 valence electrons. The van der Waals surface area contributed by atoms with Gasteiger partial charge in [-0.1, -0.05) is 55.5 Å². The van der Waals surface area contributed by atoms with Gasteiger partial charge in [0.1, 0.15) is 0 Å². The topological polar surface area (TPSA) is 127 Å². The van der Waals surface area contributed by atoms with E-state index in [2.05, 4.69) is 76.3 Å². The van der Waals surface area contributed by atoms with Crippen molar-refractivity contribution < 1.29 is 38.9 Å². The summed E-state index contributed by atoms with van der Waals surface area (Å²) in [6, 6.07) is 21.3. The first kappa shape index (κ1) is 50.9. The summed E-state index contributed by atoms with van der Waals surface area (Å²) in [6.07, 6.45) is 0. The predicted molar refractivity (Wildman–Crippen MR) is 239 cm³/mol. The van der Waals surface area contributed by atoms with Crippen molar-refractivity contribution in [3.8, 4) is 23.7 Å². The summed E-state index contributed by atoms with van der Waals surface area (Å²) in [5.41, 5.74) is 6.99. The molecule has 0 aliphatic heterocycles. The van der Waals surface area contributed by atoms with Gasteiger partial charge in [0.05, 0.1) is 35.5 Å². The molecule has 2 N–H and O–H groups in total. The van der Waals surface area contributed by atoms with Crippen LogP contribution >= 0.6 is 31.9 Å². The van der Waals surface area contributed by atoms with Gasteiger partial charge in [-0.15, -0.1) is 0 Å². The zero-order valence-corrected chi connectivity index (χ0v) is 38.6. The lowest BCUT2D eigenvalue weighted by Gasteiger charge is -2.08. The monoisotopic (exact) mass is 916 g/mol. The molecule has 0 aliphatic carbocycles. The summed E-state index contributed by atoms with van der Waals surface area (Å²) >= 11 is 6.58. The molecule has 4 aromatic rings. The Bertz CT molecular complexity index is 2200. The number of aryl methyl sites for hydroxylation is 4. The van der Waals surface area contributed by atoms with Crippen molar-refractivity contribution in [1.82, 2.24) is 0 Å². The molecule has 0 spiro atoms. The van der Waals surface area contributed by atoms with Gasteiger partial charge in [-0.25, -0.2) is 19.2 Å². The maximum atomic E-state index is 11.6. The number of aromatic carboxylic acids is 2. The van der Waals surface area contributed by atoms with E-state index in [1.165, 1.54) is 0 Å². The molecule has 0 radical (unpaired) electrons. The standard InChI is InChI=1S/C16H20O2.C14H16O2.C10H11BrO2.C8H7BrO2/c1-6-18-15(17)14-8-7-13(11-12(14)2)9-10-16(3,4)5;1-10-9-11(7-8-14(2,3)4)5-6-12(10)13(15)16;1-3-13-10(12)9-5-4-8(11)6-7(9)2;1-5-4-6(9)2-3-7(5)8(10)11/h7-8,11H,6H2,1-5H3;5-6,9H,1-4H3,(H,15,16);4-6H,3H2,1-2H3;2-4H,1H3,(H,10,11). The molecule has 58 heavy (non-hydrogen) atoms. The Morgan fingerprint density at radius 2 is 0.810 bits per heavy atom. The van der Waals surface area contributed by atoms with E-state index >= 15 is 0 Å². The van der Waals surface area contributed by atoms with E-state index in [1.807, 2.05) is 65.0 Å². The van der Waals surface area contributed by atoms with Crippen LogP contribution in [0.2, 0.25) is 0 Å². The van der Waals surface area contributed by atoms with Gasteiger partial charge in [-0.2, -0.15) is 0 Å². The van der Waals surface area contributed by atoms with Gasteiger partial charge in [0.25, 0.3) is 0 Å². The van der Waals surface area contributed by atoms with Crippen molar-refractivity contribution in [2.75, 3.05) is 13.2 Å². The van der Waals surface area contributed by atoms with Crippen LogP contribution in [0.5, 0.6) is 0 Å². The first-order valence-electron chi connectivity index (χ1n) is 18.5. The minimum atomic E-state index is -0.896. The highest BCUT2D eigenvalue weighted by molar-refractivity contribution is 9.10. The van der Waals surface area contributed by atoms with Gasteiger partial charge in [0.2, 0.25) is 0 Å². The van der Waals surface area contributed by atoms with E-state index in [4.69, 9.17) is 19.7 Å². The van der Waals surface area contributed by atoms with Crippen LogP contribution in [0, 0.1) is 62.2 Å². The summed E-state index contributed by atoms with van der Waals surface area (Å²) < 4.78 is 11.8. The Hall–Kier alpha value is -5.16. The van der Waals surface area contributed by atoms with E-state index < -0.39 is 11.9 Å². The van der Waals surface area contributed by atoms with E-state index in [9.17, 15) is 19.2 Å². The fourth-order valence-electron chi connectivity index (χ4n) is 4.61. The number of hydrogen-bond acceptors (Lipinski definition) is 6. The first-order chi connectivity index (χ1) is 26.9. The second-order valence-electron chi connectivity index (χ2n) is 15.0. The second kappa shape index (κ2) is 23.9. The third-order valence-corrected chi connectivity index (χ3v) is 8.43. The molecular formula is C48H54Br2O8. The van der Waals surface area contributed by atoms with Gasteiger partial charge < -0.3 is 19.7 Å². The highest BCUT2D eigenvalue weighted by Crippen LogP contribution is 2.18. The molecule has 0 amide bonds. The second-order valence-corrected chi connectivity index (χ2v) is 16.9. The van der Waals surface area contributed by atoms with Crippen molar-refractivity contribution in [3.63, 3.8) is 0 Å². The molecule has 4 aromatic carbocycles. The molecule has 0 saturated carbocycles. The smallest absolute Gasteiger partial charge is 0.338 e. The Morgan fingerprint density at radius 1 is 0.517 bits per heavy atom. The van der Waals surface area contributed by atoms with Crippen molar-refractivity contribution in [1.29, 1.82) is 0 Å². The SMILES string of the molecule is CCOC(=O)c1ccc(Br)cc1C.CCOC(=O)c1ccc(C#CC(C)(C)C)cc1C.Cc1cc(Br)ccc1C(=O)O.Cc1cc(C#CC(C)(C)C)ccc1C(=O)O. The van der Waals surface area contributed by atoms with E-state index in [1.54, 1.807) is 70.2 Å². The molecule has 0 heterocycles. The molecule has 0 aromatic heterocycles. The summed E-state index contributed by atoms with van der Waals surface area (Å²) in [5.74, 6) is 10.2. The van der Waals surface area contributed by atoms with Crippen molar-refractivity contribution in [2.24, 2.45) is 10.8 Å². The number of benzene rings is 4. The minimum Gasteiger partial charge on any atom is -0.478 e. The fraction of sp³-hybridized carbons (Fsp3) is 0.333. The number of carbonyl (C=O) groups excluding carboxylic acids is 2. The van der Waals surface area contributed by atoms with Gasteiger partial charge in [0, 0.05) is 30.9 Å². The fourth-order valence-corrected chi connectivity index (χ4v) is 5.56. The molecule has 0 unspecified atom stereocenters. The Morgan fingerprint density at radius 3 is 1.09 bits per heavy atom. The number of halogens is 2. The molecular weight excluding hydrogens is 864 g/mol. The normalized spacial score (nSPS) is 10.2. The number of ether oxygens (including phenoxy) is 2. The van der Waals surface area contributed by atoms with Gasteiger partial charge in [-0.3, -0.25) is 0 Å². The molecule has 8 nitrogen and oxygen atoms in total. The number of esters is 2. The van der Waals surface area contributed by atoms with Gasteiger partial charge >= 0.3 is 23.9 Å². The number of carboxylic acids is 2. The van der Waals surface area contributed by atoms with Gasteiger partial charge in [-0.05, 0) is 178 Å². The molecule has 4 rings (SSSR count). The number of carboxylic acid groups (broad SMARTS) is 2. The lowest BCUT2D eigenvalue weighted by molar-refractivity contribution is 0.0516. The molecule has 0 atom stereocenters. The van der Waals surface area contributed by atoms with Crippen LogP contribution in [0.25, 0.3) is 0 Å². The Kier molecular flexibility index (Phi) is 21.0. The zero-order valence-electron chi connectivity index (χ0n) is 35.4. The quantitative estimate of drug-likeness (QED) is 0.145. The third kappa shape index (κ3) is 19.3. The lowest BCUT2D eigenvalue weighted by atomic mass is 9.97. The average molecular weight is 919 g/mol. The highest BCUT2D eigenvalue weighted by atomic mass is 79.9. The Labute approximate surface area is 361 Å². The largest absolute Gasteiger partial charge is 0.478 e. The molecule has 0 aliphatic rings.